The Kier molecular flexibility index (Phi) is 6.64. The first-order valence-electron chi connectivity index (χ1n) is 9.62. The van der Waals surface area contributed by atoms with Gasteiger partial charge in [-0.05, 0) is 54.7 Å². The van der Waals surface area contributed by atoms with Gasteiger partial charge in [0, 0.05) is 18.7 Å². The second-order valence-electron chi connectivity index (χ2n) is 7.43. The summed E-state index contributed by atoms with van der Waals surface area (Å²) < 4.78 is 66.8. The van der Waals surface area contributed by atoms with Gasteiger partial charge in [-0.2, -0.15) is 5.26 Å². The predicted octanol–water partition coefficient (Wildman–Crippen LogP) is 3.85. The van der Waals surface area contributed by atoms with Crippen LogP contribution in [0.15, 0.2) is 42.5 Å². The van der Waals surface area contributed by atoms with E-state index in [1.54, 1.807) is 17.0 Å². The summed E-state index contributed by atoms with van der Waals surface area (Å²) in [7, 11) is -3.91. The summed E-state index contributed by atoms with van der Waals surface area (Å²) in [6, 6.07) is 12.5. The monoisotopic (exact) mass is 467 g/mol. The predicted molar refractivity (Wildman–Crippen MR) is 111 cm³/mol. The van der Waals surface area contributed by atoms with E-state index < -0.39 is 33.7 Å². The molecular weight excluding hydrogens is 447 g/mol. The lowest BCUT2D eigenvalue weighted by atomic mass is 9.89. The minimum atomic E-state index is -5.02. The fourth-order valence-electron chi connectivity index (χ4n) is 3.58. The third kappa shape index (κ3) is 6.13. The number of anilines is 1. The van der Waals surface area contributed by atoms with Gasteiger partial charge in [0.2, 0.25) is 10.0 Å². The first-order valence-corrected chi connectivity index (χ1v) is 11.5. The van der Waals surface area contributed by atoms with Crippen LogP contribution in [0.25, 0.3) is 0 Å². The molecule has 0 unspecified atom stereocenters. The number of hydrogen-bond donors (Lipinski definition) is 1. The molecule has 11 heteroatoms. The normalized spacial score (nSPS) is 15.2. The number of ether oxygens (including phenoxy) is 1. The van der Waals surface area contributed by atoms with Crippen molar-refractivity contribution in [1.82, 2.24) is 4.90 Å². The summed E-state index contributed by atoms with van der Waals surface area (Å²) in [5.41, 5.74) is 1.22. The lowest BCUT2D eigenvalue weighted by Gasteiger charge is -2.32. The number of nitriles is 1. The third-order valence-corrected chi connectivity index (χ3v) is 5.63. The molecule has 1 amide bonds. The molecule has 0 aromatic heterocycles. The van der Waals surface area contributed by atoms with Crippen LogP contribution in [-0.4, -0.2) is 44.9 Å². The number of alkyl halides is 3. The second-order valence-corrected chi connectivity index (χ2v) is 9.18. The molecule has 0 atom stereocenters. The number of nitrogens with zero attached hydrogens (tertiary/aromatic N) is 2. The third-order valence-electron chi connectivity index (χ3n) is 5.04. The molecule has 0 radical (unpaired) electrons. The van der Waals surface area contributed by atoms with Gasteiger partial charge in [0.1, 0.15) is 0 Å². The van der Waals surface area contributed by atoms with Crippen LogP contribution >= 0.6 is 0 Å². The van der Waals surface area contributed by atoms with E-state index in [1.165, 1.54) is 6.07 Å². The number of carbonyl (C=O) groups excluding carboxylic acids is 1. The number of nitrogens with one attached hydrogen (secondary N) is 1. The molecule has 7 nitrogen and oxygen atoms in total. The van der Waals surface area contributed by atoms with E-state index in [-0.39, 0.29) is 11.5 Å². The van der Waals surface area contributed by atoms with Crippen molar-refractivity contribution in [3.05, 3.63) is 59.2 Å². The van der Waals surface area contributed by atoms with Crippen molar-refractivity contribution >= 4 is 21.6 Å². The summed E-state index contributed by atoms with van der Waals surface area (Å²) >= 11 is 0. The quantitative estimate of drug-likeness (QED) is 0.720. The van der Waals surface area contributed by atoms with Crippen molar-refractivity contribution in [3.8, 4) is 11.8 Å². The van der Waals surface area contributed by atoms with E-state index in [4.69, 9.17) is 5.26 Å². The smallest absolute Gasteiger partial charge is 0.404 e. The average molecular weight is 467 g/mol. The van der Waals surface area contributed by atoms with Gasteiger partial charge in [0.15, 0.2) is 5.75 Å². The molecule has 0 spiro atoms. The zero-order valence-corrected chi connectivity index (χ0v) is 17.8. The SMILES string of the molecule is CS(=O)(=O)Nc1cc(C(=O)N2CCC(c3ccc(C#N)cc3)CC2)ccc1OC(F)(F)F. The van der Waals surface area contributed by atoms with Crippen LogP contribution in [0.2, 0.25) is 0 Å². The van der Waals surface area contributed by atoms with Crippen molar-refractivity contribution in [2.75, 3.05) is 24.1 Å². The van der Waals surface area contributed by atoms with Crippen LogP contribution in [0.4, 0.5) is 18.9 Å². The van der Waals surface area contributed by atoms with Crippen LogP contribution in [0.1, 0.15) is 40.2 Å². The van der Waals surface area contributed by atoms with Gasteiger partial charge in [-0.3, -0.25) is 9.52 Å². The van der Waals surface area contributed by atoms with Crippen molar-refractivity contribution in [2.45, 2.75) is 25.1 Å². The molecule has 2 aromatic carbocycles. The Morgan fingerprint density at radius 2 is 1.78 bits per heavy atom. The molecule has 0 bridgehead atoms. The highest BCUT2D eigenvalue weighted by Gasteiger charge is 2.33. The average Bonchev–Trinajstić information content (AvgIpc) is 2.73. The molecule has 1 heterocycles. The maximum atomic E-state index is 12.9. The molecule has 2 aromatic rings. The molecule has 0 saturated carbocycles. The van der Waals surface area contributed by atoms with Gasteiger partial charge >= 0.3 is 6.36 Å². The highest BCUT2D eigenvalue weighted by molar-refractivity contribution is 7.92. The fraction of sp³-hybridized carbons (Fsp3) is 0.333. The Labute approximate surface area is 183 Å². The van der Waals surface area contributed by atoms with Gasteiger partial charge in [-0.15, -0.1) is 13.2 Å². The number of amides is 1. The molecule has 3 rings (SSSR count). The van der Waals surface area contributed by atoms with Gasteiger partial charge < -0.3 is 9.64 Å². The first-order chi connectivity index (χ1) is 14.9. The Morgan fingerprint density at radius 3 is 2.31 bits per heavy atom. The van der Waals surface area contributed by atoms with Gasteiger partial charge in [0.05, 0.1) is 23.6 Å². The topological polar surface area (TPSA) is 99.5 Å². The van der Waals surface area contributed by atoms with Crippen LogP contribution in [0.5, 0.6) is 5.75 Å². The number of likely N-dealkylation sites (tertiary alicyclic amines) is 1. The molecule has 1 fully saturated rings. The van der Waals surface area contributed by atoms with E-state index in [9.17, 15) is 26.4 Å². The fourth-order valence-corrected chi connectivity index (χ4v) is 4.14. The number of rotatable bonds is 5. The first kappa shape index (κ1) is 23.4. The molecular formula is C21H20F3N3O4S. The Morgan fingerprint density at radius 1 is 1.16 bits per heavy atom. The summed E-state index contributed by atoms with van der Waals surface area (Å²) in [6.45, 7) is 0.859. The van der Waals surface area contributed by atoms with Crippen molar-refractivity contribution in [1.29, 1.82) is 5.26 Å². The number of halogens is 3. The van der Waals surface area contributed by atoms with E-state index in [0.717, 1.165) is 24.0 Å². The van der Waals surface area contributed by atoms with Crippen LogP contribution < -0.4 is 9.46 Å². The number of sulfonamides is 1. The summed E-state index contributed by atoms with van der Waals surface area (Å²) in [5, 5.41) is 8.90. The maximum Gasteiger partial charge on any atom is 0.573 e. The van der Waals surface area contributed by atoms with Crippen LogP contribution in [-0.2, 0) is 10.0 Å². The van der Waals surface area contributed by atoms with Gasteiger partial charge in [-0.1, -0.05) is 12.1 Å². The minimum absolute atomic E-state index is 0.0440. The highest BCUT2D eigenvalue weighted by Crippen LogP contribution is 2.33. The van der Waals surface area contributed by atoms with E-state index in [1.807, 2.05) is 16.9 Å². The molecule has 0 aliphatic carbocycles. The lowest BCUT2D eigenvalue weighted by molar-refractivity contribution is -0.274. The number of carbonyl (C=O) groups is 1. The Hall–Kier alpha value is -3.26. The van der Waals surface area contributed by atoms with Crippen LogP contribution in [0.3, 0.4) is 0 Å². The Balaban J connectivity index is 1.74. The molecule has 32 heavy (non-hydrogen) atoms. The van der Waals surface area contributed by atoms with E-state index in [0.29, 0.717) is 31.5 Å². The van der Waals surface area contributed by atoms with E-state index >= 15 is 0 Å². The van der Waals surface area contributed by atoms with Crippen molar-refractivity contribution in [3.63, 3.8) is 0 Å². The zero-order valence-electron chi connectivity index (χ0n) is 17.0. The summed E-state index contributed by atoms with van der Waals surface area (Å²) in [5.74, 6) is -0.950. The number of hydrogen-bond acceptors (Lipinski definition) is 5. The maximum absolute atomic E-state index is 12.9. The van der Waals surface area contributed by atoms with Gasteiger partial charge in [-0.25, -0.2) is 8.42 Å². The molecule has 170 valence electrons. The summed E-state index contributed by atoms with van der Waals surface area (Å²) in [4.78, 5) is 14.5. The van der Waals surface area contributed by atoms with E-state index in [2.05, 4.69) is 10.8 Å². The minimum Gasteiger partial charge on any atom is -0.404 e. The largest absolute Gasteiger partial charge is 0.573 e. The number of piperidine rings is 1. The van der Waals surface area contributed by atoms with Crippen LogP contribution in [0, 0.1) is 11.3 Å². The van der Waals surface area contributed by atoms with Crippen molar-refractivity contribution in [2.24, 2.45) is 0 Å². The molecule has 1 aliphatic rings. The standard InChI is InChI=1S/C21H20F3N3O4S/c1-32(29,30)26-18-12-17(6-7-19(18)31-21(22,23)24)20(28)27-10-8-16(9-11-27)15-4-2-14(13-25)3-5-15/h2-7,12,16,26H,8-11H2,1H3. The Bertz CT molecular complexity index is 1130. The second kappa shape index (κ2) is 9.08. The highest BCUT2D eigenvalue weighted by atomic mass is 32.2. The molecule has 1 saturated heterocycles. The molecule has 1 N–H and O–H groups in total. The zero-order chi connectivity index (χ0) is 23.5. The van der Waals surface area contributed by atoms with Gasteiger partial charge in [0.25, 0.3) is 5.91 Å². The molecule has 1 aliphatic heterocycles. The summed E-state index contributed by atoms with van der Waals surface area (Å²) in [6.07, 6.45) is -2.87. The number of benzene rings is 2. The van der Waals surface area contributed by atoms with Crippen molar-refractivity contribution < 1.29 is 31.1 Å². The lowest BCUT2D eigenvalue weighted by Crippen LogP contribution is -2.38.